The van der Waals surface area contributed by atoms with Crippen molar-refractivity contribution in [3.63, 3.8) is 0 Å². The molecule has 4 aromatic rings. The van der Waals surface area contributed by atoms with E-state index in [0.717, 1.165) is 5.69 Å². The van der Waals surface area contributed by atoms with Gasteiger partial charge in [0.2, 0.25) is 0 Å². The van der Waals surface area contributed by atoms with Gasteiger partial charge in [0.1, 0.15) is 0 Å². The first kappa shape index (κ1) is 19.8. The third-order valence-electron chi connectivity index (χ3n) is 5.57. The van der Waals surface area contributed by atoms with Crippen molar-refractivity contribution in [1.82, 2.24) is 4.98 Å². The highest BCUT2D eigenvalue weighted by molar-refractivity contribution is 7.22. The fourth-order valence-corrected chi connectivity index (χ4v) is 5.32. The highest BCUT2D eigenvalue weighted by Crippen LogP contribution is 2.39. The highest BCUT2D eigenvalue weighted by atomic mass is 32.1. The van der Waals surface area contributed by atoms with Crippen LogP contribution in [0.1, 0.15) is 48.6 Å². The summed E-state index contributed by atoms with van der Waals surface area (Å²) >= 11 is 1.84. The molecule has 1 nitrogen and oxygen atoms in total. The Balaban J connectivity index is 1.81. The lowest BCUT2D eigenvalue weighted by atomic mass is 9.83. The van der Waals surface area contributed by atoms with E-state index in [1.165, 1.54) is 53.9 Å². The molecule has 2 heterocycles. The molecule has 148 valence electrons. The maximum absolute atomic E-state index is 4.77. The van der Waals surface area contributed by atoms with E-state index in [0.29, 0.717) is 0 Å². The van der Waals surface area contributed by atoms with Crippen LogP contribution in [0.4, 0.5) is 0 Å². The van der Waals surface area contributed by atoms with Gasteiger partial charge in [0.15, 0.2) is 0 Å². The molecule has 29 heavy (non-hydrogen) atoms. The molecule has 2 aromatic heterocycles. The zero-order valence-corrected chi connectivity index (χ0v) is 19.3. The Kier molecular flexibility index (Phi) is 4.86. The third kappa shape index (κ3) is 3.86. The number of hydrogen-bond acceptors (Lipinski definition) is 2. The summed E-state index contributed by atoms with van der Waals surface area (Å²) < 4.78 is 1.24. The smallest absolute Gasteiger partial charge is 0.0709 e. The Bertz CT molecular complexity index is 1180. The second-order valence-corrected chi connectivity index (χ2v) is 10.4. The van der Waals surface area contributed by atoms with E-state index in [1.807, 2.05) is 17.5 Å². The molecule has 0 saturated heterocycles. The summed E-state index contributed by atoms with van der Waals surface area (Å²) in [7, 11) is 0. The highest BCUT2D eigenvalue weighted by Gasteiger charge is 2.18. The monoisotopic (exact) mass is 399 g/mol. The molecule has 0 aliphatic heterocycles. The summed E-state index contributed by atoms with van der Waals surface area (Å²) in [6, 6.07) is 15.9. The third-order valence-corrected chi connectivity index (χ3v) is 6.67. The maximum atomic E-state index is 4.77. The molecule has 0 amide bonds. The van der Waals surface area contributed by atoms with E-state index in [9.17, 15) is 0 Å². The van der Waals surface area contributed by atoms with Crippen molar-refractivity contribution in [3.05, 3.63) is 76.5 Å². The van der Waals surface area contributed by atoms with Gasteiger partial charge in [-0.3, -0.25) is 4.98 Å². The van der Waals surface area contributed by atoms with Crippen molar-refractivity contribution < 1.29 is 0 Å². The van der Waals surface area contributed by atoms with Crippen LogP contribution >= 0.6 is 11.3 Å². The van der Waals surface area contributed by atoms with Crippen molar-refractivity contribution in [2.24, 2.45) is 0 Å². The number of nitrogens with zero attached hydrogens (tertiary/aromatic N) is 1. The average molecular weight is 400 g/mol. The molecule has 4 rings (SSSR count). The van der Waals surface area contributed by atoms with Crippen LogP contribution in [-0.4, -0.2) is 4.98 Å². The van der Waals surface area contributed by atoms with E-state index in [4.69, 9.17) is 4.98 Å². The lowest BCUT2D eigenvalue weighted by Gasteiger charge is -2.22. The molecule has 0 fully saturated rings. The molecule has 0 bridgehead atoms. The van der Waals surface area contributed by atoms with Crippen LogP contribution in [0.25, 0.3) is 31.8 Å². The van der Waals surface area contributed by atoms with Gasteiger partial charge < -0.3 is 0 Å². The molecular weight excluding hydrogens is 370 g/mol. The maximum Gasteiger partial charge on any atom is 0.0709 e. The Morgan fingerprint density at radius 1 is 0.759 bits per heavy atom. The summed E-state index contributed by atoms with van der Waals surface area (Å²) in [4.78, 5) is 6.10. The van der Waals surface area contributed by atoms with E-state index < -0.39 is 0 Å². The Hall–Kier alpha value is -2.45. The number of benzene rings is 2. The zero-order valence-electron chi connectivity index (χ0n) is 18.5. The van der Waals surface area contributed by atoms with E-state index >= 15 is 0 Å². The standard InChI is InChI=1S/C27H29NS/c1-16-8-17(2)10-20(9-16)23-13-21-14-24(29-25(21)15-28-23)26-18(3)11-22(12-19(26)4)27(5,6)7/h8-15H,1-7H3. The Morgan fingerprint density at radius 2 is 1.38 bits per heavy atom. The van der Waals surface area contributed by atoms with Crippen LogP contribution in [0.5, 0.6) is 0 Å². The first-order valence-electron chi connectivity index (χ1n) is 10.2. The summed E-state index contributed by atoms with van der Waals surface area (Å²) in [5.41, 5.74) is 10.4. The largest absolute Gasteiger partial charge is 0.255 e. The number of hydrogen-bond donors (Lipinski definition) is 0. The fourth-order valence-electron chi connectivity index (χ4n) is 4.13. The molecule has 0 saturated carbocycles. The molecule has 0 aliphatic rings. The minimum atomic E-state index is 0.166. The number of thiophene rings is 1. The van der Waals surface area contributed by atoms with Crippen LogP contribution in [-0.2, 0) is 5.41 Å². The molecule has 0 aliphatic carbocycles. The van der Waals surface area contributed by atoms with Gasteiger partial charge in [-0.25, -0.2) is 0 Å². The quantitative estimate of drug-likeness (QED) is 0.331. The summed E-state index contributed by atoms with van der Waals surface area (Å²) in [6.07, 6.45) is 2.03. The van der Waals surface area contributed by atoms with E-state index in [1.54, 1.807) is 0 Å². The lowest BCUT2D eigenvalue weighted by Crippen LogP contribution is -2.11. The van der Waals surface area contributed by atoms with Gasteiger partial charge in [-0.05, 0) is 85.0 Å². The van der Waals surface area contributed by atoms with Crippen LogP contribution in [0.3, 0.4) is 0 Å². The average Bonchev–Trinajstić information content (AvgIpc) is 3.02. The number of aromatic nitrogens is 1. The van der Waals surface area contributed by atoms with Crippen molar-refractivity contribution in [2.45, 2.75) is 53.9 Å². The van der Waals surface area contributed by atoms with Crippen molar-refractivity contribution in [2.75, 3.05) is 0 Å². The molecular formula is C27H29NS. The van der Waals surface area contributed by atoms with Crippen molar-refractivity contribution in [3.8, 4) is 21.7 Å². The molecule has 0 N–H and O–H groups in total. The number of rotatable bonds is 2. The van der Waals surface area contributed by atoms with Crippen LogP contribution in [0.2, 0.25) is 0 Å². The number of fused-ring (bicyclic) bond motifs is 1. The topological polar surface area (TPSA) is 12.9 Å². The SMILES string of the molecule is Cc1cc(C)cc(-c2cc3cc(-c4c(C)cc(C(C)(C)C)cc4C)sc3cn2)c1. The van der Waals surface area contributed by atoms with Gasteiger partial charge in [-0.15, -0.1) is 11.3 Å². The predicted molar refractivity (Wildman–Crippen MR) is 128 cm³/mol. The summed E-state index contributed by atoms with van der Waals surface area (Å²) in [5.74, 6) is 0. The Labute approximate surface area is 178 Å². The van der Waals surface area contributed by atoms with Gasteiger partial charge >= 0.3 is 0 Å². The minimum Gasteiger partial charge on any atom is -0.255 e. The first-order chi connectivity index (χ1) is 13.6. The van der Waals surface area contributed by atoms with E-state index in [-0.39, 0.29) is 5.41 Å². The van der Waals surface area contributed by atoms with Crippen LogP contribution in [0, 0.1) is 27.7 Å². The van der Waals surface area contributed by atoms with E-state index in [2.05, 4.69) is 90.9 Å². The molecule has 2 aromatic carbocycles. The predicted octanol–water partition coefficient (Wildman–Crippen LogP) is 8.16. The molecule has 0 unspecified atom stereocenters. The van der Waals surface area contributed by atoms with Gasteiger partial charge in [-0.2, -0.15) is 0 Å². The zero-order chi connectivity index (χ0) is 20.9. The fraction of sp³-hybridized carbons (Fsp3) is 0.296. The molecule has 2 heteroatoms. The number of pyridine rings is 1. The second kappa shape index (κ2) is 7.11. The normalized spacial score (nSPS) is 12.0. The van der Waals surface area contributed by atoms with Crippen molar-refractivity contribution in [1.29, 1.82) is 0 Å². The van der Waals surface area contributed by atoms with Gasteiger partial charge in [-0.1, -0.05) is 50.1 Å². The summed E-state index contributed by atoms with van der Waals surface area (Å²) in [6.45, 7) is 15.6. The van der Waals surface area contributed by atoms with Gasteiger partial charge in [0.05, 0.1) is 10.4 Å². The van der Waals surface area contributed by atoms with Gasteiger partial charge in [0.25, 0.3) is 0 Å². The second-order valence-electron chi connectivity index (χ2n) is 9.33. The first-order valence-corrected chi connectivity index (χ1v) is 11.0. The molecule has 0 spiro atoms. The van der Waals surface area contributed by atoms with Crippen molar-refractivity contribution >= 4 is 21.4 Å². The minimum absolute atomic E-state index is 0.166. The van der Waals surface area contributed by atoms with Crippen LogP contribution < -0.4 is 0 Å². The Morgan fingerprint density at radius 3 is 1.97 bits per heavy atom. The van der Waals surface area contributed by atoms with Gasteiger partial charge in [0, 0.05) is 16.6 Å². The summed E-state index contributed by atoms with van der Waals surface area (Å²) in [5, 5.41) is 1.27. The van der Waals surface area contributed by atoms with Crippen LogP contribution in [0.15, 0.2) is 48.7 Å². The molecule has 0 atom stereocenters. The number of aryl methyl sites for hydroxylation is 4. The molecule has 0 radical (unpaired) electrons. The lowest BCUT2D eigenvalue weighted by molar-refractivity contribution is 0.589.